The van der Waals surface area contributed by atoms with Gasteiger partial charge in [0.2, 0.25) is 0 Å². The molecule has 8 heteroatoms. The van der Waals surface area contributed by atoms with Crippen LogP contribution < -0.4 is 5.32 Å². The summed E-state index contributed by atoms with van der Waals surface area (Å²) in [6.07, 6.45) is 3.20. The molecule has 3 rings (SSSR count). The number of likely N-dealkylation sites (tertiary alicyclic amines) is 1. The highest BCUT2D eigenvalue weighted by molar-refractivity contribution is 14.0. The molecular formula is C21H31FIN3O3. The first-order valence-electron chi connectivity index (χ1n) is 9.86. The maximum atomic E-state index is 13.5. The third-order valence-corrected chi connectivity index (χ3v) is 5.20. The lowest BCUT2D eigenvalue weighted by Crippen LogP contribution is -2.46. The van der Waals surface area contributed by atoms with Crippen molar-refractivity contribution < 1.29 is 18.3 Å². The standard InChI is InChI=1S/C21H30FN3O3.HI/c1-15-18-13-16(22)5-6-19(18)28-20(15)14-24-21(23-2)25-9-7-17(8-10-25)27-12-4-11-26-3;/h5-6,13,17H,4,7-12,14H2,1-3H3,(H,23,24);1H. The van der Waals surface area contributed by atoms with Gasteiger partial charge in [0.1, 0.15) is 17.2 Å². The maximum Gasteiger partial charge on any atom is 0.194 e. The first-order valence-corrected chi connectivity index (χ1v) is 9.86. The summed E-state index contributed by atoms with van der Waals surface area (Å²) in [5, 5.41) is 4.20. The molecule has 6 nitrogen and oxygen atoms in total. The molecule has 0 aliphatic carbocycles. The summed E-state index contributed by atoms with van der Waals surface area (Å²) in [5.41, 5.74) is 1.66. The first-order chi connectivity index (χ1) is 13.6. The minimum atomic E-state index is -0.251. The van der Waals surface area contributed by atoms with Crippen molar-refractivity contribution in [3.05, 3.63) is 35.3 Å². The molecule has 0 amide bonds. The van der Waals surface area contributed by atoms with Crippen LogP contribution in [0.2, 0.25) is 0 Å². The summed E-state index contributed by atoms with van der Waals surface area (Å²) in [6.45, 7) is 5.76. The van der Waals surface area contributed by atoms with Gasteiger partial charge in [-0.1, -0.05) is 0 Å². The van der Waals surface area contributed by atoms with Gasteiger partial charge in [0.05, 0.1) is 12.6 Å². The molecule has 0 radical (unpaired) electrons. The Hall–Kier alpha value is -1.39. The van der Waals surface area contributed by atoms with Gasteiger partial charge < -0.3 is 24.1 Å². The Labute approximate surface area is 188 Å². The summed E-state index contributed by atoms with van der Waals surface area (Å²) in [7, 11) is 3.50. The smallest absolute Gasteiger partial charge is 0.194 e. The van der Waals surface area contributed by atoms with E-state index in [-0.39, 0.29) is 29.8 Å². The summed E-state index contributed by atoms with van der Waals surface area (Å²) < 4.78 is 30.3. The average Bonchev–Trinajstić information content (AvgIpc) is 3.02. The van der Waals surface area contributed by atoms with Crippen molar-refractivity contribution in [3.8, 4) is 0 Å². The molecule has 2 aromatic rings. The molecule has 1 fully saturated rings. The zero-order valence-electron chi connectivity index (χ0n) is 17.4. The number of ether oxygens (including phenoxy) is 2. The molecule has 1 aliphatic heterocycles. The van der Waals surface area contributed by atoms with E-state index >= 15 is 0 Å². The fourth-order valence-corrected chi connectivity index (χ4v) is 3.59. The van der Waals surface area contributed by atoms with Crippen LogP contribution in [0, 0.1) is 12.7 Å². The summed E-state index contributed by atoms with van der Waals surface area (Å²) >= 11 is 0. The van der Waals surface area contributed by atoms with Crippen molar-refractivity contribution in [2.24, 2.45) is 4.99 Å². The summed E-state index contributed by atoms with van der Waals surface area (Å²) in [6, 6.07) is 4.61. The van der Waals surface area contributed by atoms with Crippen molar-refractivity contribution in [2.45, 2.75) is 38.8 Å². The van der Waals surface area contributed by atoms with E-state index < -0.39 is 0 Å². The van der Waals surface area contributed by atoms with Gasteiger partial charge in [-0.15, -0.1) is 24.0 Å². The minimum Gasteiger partial charge on any atom is -0.459 e. The second-order valence-corrected chi connectivity index (χ2v) is 7.10. The predicted octanol–water partition coefficient (Wildman–Crippen LogP) is 4.09. The lowest BCUT2D eigenvalue weighted by Gasteiger charge is -2.34. The number of hydrogen-bond acceptors (Lipinski definition) is 4. The van der Waals surface area contributed by atoms with E-state index in [1.807, 2.05) is 6.92 Å². The van der Waals surface area contributed by atoms with Crippen LogP contribution in [0.15, 0.2) is 27.6 Å². The van der Waals surface area contributed by atoms with Crippen LogP contribution in [-0.2, 0) is 16.0 Å². The number of guanidine groups is 1. The van der Waals surface area contributed by atoms with E-state index in [1.54, 1.807) is 20.2 Å². The SMILES string of the molecule is CN=C(NCc1oc2ccc(F)cc2c1C)N1CCC(OCCCOC)CC1.I. The van der Waals surface area contributed by atoms with Crippen LogP contribution in [0.1, 0.15) is 30.6 Å². The lowest BCUT2D eigenvalue weighted by molar-refractivity contribution is 0.00988. The molecular weight excluding hydrogens is 488 g/mol. The molecule has 2 heterocycles. The average molecular weight is 519 g/mol. The van der Waals surface area contributed by atoms with Crippen molar-refractivity contribution in [1.29, 1.82) is 0 Å². The molecule has 1 saturated heterocycles. The van der Waals surface area contributed by atoms with E-state index in [0.29, 0.717) is 18.2 Å². The van der Waals surface area contributed by atoms with Crippen LogP contribution in [0.4, 0.5) is 4.39 Å². The lowest BCUT2D eigenvalue weighted by atomic mass is 10.1. The third kappa shape index (κ3) is 6.29. The van der Waals surface area contributed by atoms with Gasteiger partial charge in [0, 0.05) is 51.4 Å². The fraction of sp³-hybridized carbons (Fsp3) is 0.571. The van der Waals surface area contributed by atoms with Gasteiger partial charge in [-0.3, -0.25) is 4.99 Å². The second-order valence-electron chi connectivity index (χ2n) is 7.10. The second kappa shape index (κ2) is 11.7. The fourth-order valence-electron chi connectivity index (χ4n) is 3.59. The number of piperidine rings is 1. The number of methoxy groups -OCH3 is 1. The number of furan rings is 1. The Morgan fingerprint density at radius 1 is 1.31 bits per heavy atom. The van der Waals surface area contributed by atoms with Crippen LogP contribution in [0.5, 0.6) is 0 Å². The Morgan fingerprint density at radius 2 is 2.07 bits per heavy atom. The highest BCUT2D eigenvalue weighted by Crippen LogP contribution is 2.26. The Morgan fingerprint density at radius 3 is 2.76 bits per heavy atom. The molecule has 0 atom stereocenters. The van der Waals surface area contributed by atoms with Gasteiger partial charge in [-0.2, -0.15) is 0 Å². The van der Waals surface area contributed by atoms with Gasteiger partial charge in [-0.25, -0.2) is 4.39 Å². The minimum absolute atomic E-state index is 0. The van der Waals surface area contributed by atoms with E-state index in [2.05, 4.69) is 15.2 Å². The summed E-state index contributed by atoms with van der Waals surface area (Å²) in [5.74, 6) is 1.40. The van der Waals surface area contributed by atoms with Crippen molar-refractivity contribution in [1.82, 2.24) is 10.2 Å². The molecule has 0 spiro atoms. The molecule has 1 aliphatic rings. The number of aryl methyl sites for hydroxylation is 1. The number of aliphatic imine (C=N–C) groups is 1. The van der Waals surface area contributed by atoms with Crippen LogP contribution in [-0.4, -0.2) is 57.4 Å². The Bertz CT molecular complexity index is 804. The Balaban J connectivity index is 0.00000300. The molecule has 1 N–H and O–H groups in total. The molecule has 0 saturated carbocycles. The van der Waals surface area contributed by atoms with Crippen LogP contribution in [0.25, 0.3) is 11.0 Å². The molecule has 0 bridgehead atoms. The largest absolute Gasteiger partial charge is 0.459 e. The zero-order chi connectivity index (χ0) is 19.9. The van der Waals surface area contributed by atoms with E-state index in [9.17, 15) is 4.39 Å². The number of benzene rings is 1. The van der Waals surface area contributed by atoms with Crippen LogP contribution in [0.3, 0.4) is 0 Å². The van der Waals surface area contributed by atoms with Crippen LogP contribution >= 0.6 is 24.0 Å². The molecule has 162 valence electrons. The monoisotopic (exact) mass is 519 g/mol. The highest BCUT2D eigenvalue weighted by atomic mass is 127. The normalized spacial score (nSPS) is 15.6. The molecule has 0 unspecified atom stereocenters. The van der Waals surface area contributed by atoms with Crippen molar-refractivity contribution in [2.75, 3.05) is 40.5 Å². The number of halogens is 2. The highest BCUT2D eigenvalue weighted by Gasteiger charge is 2.22. The van der Waals surface area contributed by atoms with E-state index in [0.717, 1.165) is 68.2 Å². The molecule has 1 aromatic carbocycles. The molecule has 1 aromatic heterocycles. The first kappa shape index (κ1) is 23.9. The van der Waals surface area contributed by atoms with Gasteiger partial charge in [0.25, 0.3) is 0 Å². The van der Waals surface area contributed by atoms with Crippen molar-refractivity contribution in [3.63, 3.8) is 0 Å². The Kier molecular flexibility index (Phi) is 9.64. The molecule has 29 heavy (non-hydrogen) atoms. The summed E-state index contributed by atoms with van der Waals surface area (Å²) in [4.78, 5) is 6.65. The number of rotatable bonds is 7. The third-order valence-electron chi connectivity index (χ3n) is 5.20. The number of hydrogen-bond donors (Lipinski definition) is 1. The number of nitrogens with zero attached hydrogens (tertiary/aromatic N) is 2. The van der Waals surface area contributed by atoms with E-state index in [1.165, 1.54) is 12.1 Å². The van der Waals surface area contributed by atoms with Crippen molar-refractivity contribution >= 4 is 40.9 Å². The van der Waals surface area contributed by atoms with Gasteiger partial charge in [0.15, 0.2) is 5.96 Å². The topological polar surface area (TPSA) is 59.2 Å². The predicted molar refractivity (Wildman–Crippen MR) is 124 cm³/mol. The quantitative estimate of drug-likeness (QED) is 0.259. The maximum absolute atomic E-state index is 13.5. The van der Waals surface area contributed by atoms with Gasteiger partial charge >= 0.3 is 0 Å². The number of fused-ring (bicyclic) bond motifs is 1. The number of nitrogens with one attached hydrogen (secondary N) is 1. The zero-order valence-corrected chi connectivity index (χ0v) is 19.7. The van der Waals surface area contributed by atoms with Gasteiger partial charge in [-0.05, 0) is 44.4 Å². The van der Waals surface area contributed by atoms with E-state index in [4.69, 9.17) is 13.9 Å².